The van der Waals surface area contributed by atoms with Crippen molar-refractivity contribution in [2.24, 2.45) is 0 Å². The standard InChI is InChI=1S/C22H17NO3S2/c1-25-18-10-9-14(12-20-21(24)23-22(27)28-20)11-19(18)26-13-16-7-4-6-15-5-2-3-8-17(15)16/h2-12H,13H2,1H3,(H,23,24,27). The number of amides is 1. The van der Waals surface area contributed by atoms with Crippen LogP contribution in [0, 0.1) is 0 Å². The number of hydrogen-bond donors (Lipinski definition) is 1. The molecule has 0 spiro atoms. The Morgan fingerprint density at radius 1 is 1.07 bits per heavy atom. The van der Waals surface area contributed by atoms with E-state index in [-0.39, 0.29) is 5.91 Å². The van der Waals surface area contributed by atoms with Crippen LogP contribution in [0.5, 0.6) is 11.5 Å². The lowest BCUT2D eigenvalue weighted by atomic mass is 10.1. The zero-order chi connectivity index (χ0) is 19.5. The zero-order valence-corrected chi connectivity index (χ0v) is 16.7. The third-order valence-corrected chi connectivity index (χ3v) is 5.55. The summed E-state index contributed by atoms with van der Waals surface area (Å²) in [6.45, 7) is 0.414. The Kier molecular flexibility index (Phi) is 5.32. The average Bonchev–Trinajstić information content (AvgIpc) is 3.03. The number of carbonyl (C=O) groups excluding carboxylic acids is 1. The normalized spacial score (nSPS) is 15.1. The molecular formula is C22H17NO3S2. The first-order chi connectivity index (χ1) is 13.6. The highest BCUT2D eigenvalue weighted by Crippen LogP contribution is 2.32. The van der Waals surface area contributed by atoms with Gasteiger partial charge >= 0.3 is 0 Å². The van der Waals surface area contributed by atoms with Gasteiger partial charge in [0.25, 0.3) is 5.91 Å². The molecule has 4 rings (SSSR count). The molecule has 1 saturated heterocycles. The summed E-state index contributed by atoms with van der Waals surface area (Å²) in [5.74, 6) is 1.08. The molecule has 0 atom stereocenters. The maximum absolute atomic E-state index is 11.9. The van der Waals surface area contributed by atoms with E-state index in [0.29, 0.717) is 27.3 Å². The van der Waals surface area contributed by atoms with Crippen molar-refractivity contribution in [2.45, 2.75) is 6.61 Å². The molecule has 3 aromatic rings. The lowest BCUT2D eigenvalue weighted by molar-refractivity contribution is -0.115. The molecule has 6 heteroatoms. The van der Waals surface area contributed by atoms with Crippen molar-refractivity contribution >= 4 is 51.1 Å². The summed E-state index contributed by atoms with van der Waals surface area (Å²) in [4.78, 5) is 12.5. The lowest BCUT2D eigenvalue weighted by Crippen LogP contribution is -2.17. The van der Waals surface area contributed by atoms with Crippen LogP contribution in [0.15, 0.2) is 65.6 Å². The van der Waals surface area contributed by atoms with Crippen molar-refractivity contribution < 1.29 is 14.3 Å². The van der Waals surface area contributed by atoms with Crippen LogP contribution < -0.4 is 14.8 Å². The molecule has 0 bridgehead atoms. The number of carbonyl (C=O) groups is 1. The van der Waals surface area contributed by atoms with Gasteiger partial charge in [0.05, 0.1) is 12.0 Å². The summed E-state index contributed by atoms with van der Waals surface area (Å²) in [5, 5.41) is 4.96. The predicted octanol–water partition coefficient (Wildman–Crippen LogP) is 4.92. The second kappa shape index (κ2) is 8.04. The quantitative estimate of drug-likeness (QED) is 0.481. The molecule has 1 heterocycles. The first kappa shape index (κ1) is 18.5. The minimum atomic E-state index is -0.177. The Morgan fingerprint density at radius 3 is 2.68 bits per heavy atom. The van der Waals surface area contributed by atoms with Crippen molar-refractivity contribution in [3.8, 4) is 11.5 Å². The number of thiocarbonyl (C=S) groups is 1. The van der Waals surface area contributed by atoms with E-state index in [1.165, 1.54) is 17.1 Å². The molecule has 0 unspecified atom stereocenters. The van der Waals surface area contributed by atoms with Gasteiger partial charge in [-0.3, -0.25) is 4.79 Å². The van der Waals surface area contributed by atoms with Crippen LogP contribution in [0.3, 0.4) is 0 Å². The van der Waals surface area contributed by atoms with Crippen LogP contribution in [0.25, 0.3) is 16.8 Å². The molecule has 28 heavy (non-hydrogen) atoms. The highest BCUT2D eigenvalue weighted by molar-refractivity contribution is 8.26. The van der Waals surface area contributed by atoms with Crippen molar-refractivity contribution in [1.29, 1.82) is 0 Å². The fourth-order valence-corrected chi connectivity index (χ4v) is 4.09. The van der Waals surface area contributed by atoms with Crippen LogP contribution in [0.1, 0.15) is 11.1 Å². The molecule has 1 N–H and O–H groups in total. The van der Waals surface area contributed by atoms with Gasteiger partial charge in [-0.1, -0.05) is 72.5 Å². The number of ether oxygens (including phenoxy) is 2. The Hall–Kier alpha value is -2.83. The summed E-state index contributed by atoms with van der Waals surface area (Å²) in [5.41, 5.74) is 1.94. The maximum Gasteiger partial charge on any atom is 0.263 e. The third-order valence-electron chi connectivity index (χ3n) is 4.39. The van der Waals surface area contributed by atoms with Crippen molar-refractivity contribution in [1.82, 2.24) is 5.32 Å². The number of thioether (sulfide) groups is 1. The van der Waals surface area contributed by atoms with Crippen LogP contribution in [-0.4, -0.2) is 17.3 Å². The molecule has 1 aliphatic heterocycles. The SMILES string of the molecule is COc1ccc(C=C2SC(=S)NC2=O)cc1OCc1cccc2ccccc12. The number of hydrogen-bond acceptors (Lipinski definition) is 5. The average molecular weight is 408 g/mol. The van der Waals surface area contributed by atoms with E-state index in [1.54, 1.807) is 13.2 Å². The molecule has 3 aromatic carbocycles. The second-order valence-corrected chi connectivity index (χ2v) is 7.91. The van der Waals surface area contributed by atoms with Crippen molar-refractivity contribution in [3.63, 3.8) is 0 Å². The summed E-state index contributed by atoms with van der Waals surface area (Å²) in [6.07, 6.45) is 1.80. The van der Waals surface area contributed by atoms with Gasteiger partial charge in [0.2, 0.25) is 0 Å². The lowest BCUT2D eigenvalue weighted by Gasteiger charge is -2.13. The van der Waals surface area contributed by atoms with E-state index in [1.807, 2.05) is 36.4 Å². The first-order valence-corrected chi connectivity index (χ1v) is 9.89. The maximum atomic E-state index is 11.9. The molecule has 140 valence electrons. The number of nitrogens with one attached hydrogen (secondary N) is 1. The molecule has 0 aromatic heterocycles. The van der Waals surface area contributed by atoms with E-state index in [2.05, 4.69) is 29.6 Å². The number of methoxy groups -OCH3 is 1. The van der Waals surface area contributed by atoms with Gasteiger partial charge in [-0.2, -0.15) is 0 Å². The Bertz CT molecular complexity index is 1100. The van der Waals surface area contributed by atoms with E-state index in [4.69, 9.17) is 21.7 Å². The number of fused-ring (bicyclic) bond motifs is 1. The minimum Gasteiger partial charge on any atom is -0.493 e. The summed E-state index contributed by atoms with van der Waals surface area (Å²) in [6, 6.07) is 20.0. The largest absolute Gasteiger partial charge is 0.493 e. The topological polar surface area (TPSA) is 47.6 Å². The molecule has 0 aliphatic carbocycles. The van der Waals surface area contributed by atoms with Gasteiger partial charge in [0.15, 0.2) is 11.5 Å². The second-order valence-electron chi connectivity index (χ2n) is 6.19. The van der Waals surface area contributed by atoms with Gasteiger partial charge in [-0.25, -0.2) is 0 Å². The Labute approximate surface area is 172 Å². The smallest absolute Gasteiger partial charge is 0.263 e. The van der Waals surface area contributed by atoms with Crippen LogP contribution in [-0.2, 0) is 11.4 Å². The third kappa shape index (κ3) is 3.88. The highest BCUT2D eigenvalue weighted by Gasteiger charge is 2.22. The summed E-state index contributed by atoms with van der Waals surface area (Å²) < 4.78 is 12.0. The van der Waals surface area contributed by atoms with Crippen molar-refractivity contribution in [3.05, 3.63) is 76.7 Å². The number of rotatable bonds is 5. The fourth-order valence-electron chi connectivity index (χ4n) is 3.04. The van der Waals surface area contributed by atoms with Crippen LogP contribution >= 0.6 is 24.0 Å². The highest BCUT2D eigenvalue weighted by atomic mass is 32.2. The molecule has 1 amide bonds. The zero-order valence-electron chi connectivity index (χ0n) is 15.1. The molecule has 0 radical (unpaired) electrons. The predicted molar refractivity (Wildman–Crippen MR) is 118 cm³/mol. The van der Waals surface area contributed by atoms with Gasteiger partial charge in [0, 0.05) is 0 Å². The van der Waals surface area contributed by atoms with Gasteiger partial charge in [-0.15, -0.1) is 0 Å². The first-order valence-electron chi connectivity index (χ1n) is 8.66. The van der Waals surface area contributed by atoms with E-state index >= 15 is 0 Å². The molecular weight excluding hydrogens is 390 g/mol. The number of benzene rings is 3. The van der Waals surface area contributed by atoms with E-state index in [0.717, 1.165) is 16.5 Å². The molecule has 1 aliphatic rings. The van der Waals surface area contributed by atoms with Gasteiger partial charge < -0.3 is 14.8 Å². The molecule has 4 nitrogen and oxygen atoms in total. The fraction of sp³-hybridized carbons (Fsp3) is 0.0909. The van der Waals surface area contributed by atoms with Gasteiger partial charge in [0.1, 0.15) is 10.9 Å². The Morgan fingerprint density at radius 2 is 1.89 bits per heavy atom. The molecule has 0 saturated carbocycles. The van der Waals surface area contributed by atoms with Gasteiger partial charge in [-0.05, 0) is 40.1 Å². The van der Waals surface area contributed by atoms with Crippen LogP contribution in [0.2, 0.25) is 0 Å². The monoisotopic (exact) mass is 407 g/mol. The van der Waals surface area contributed by atoms with Crippen molar-refractivity contribution in [2.75, 3.05) is 7.11 Å². The van der Waals surface area contributed by atoms with E-state index in [9.17, 15) is 4.79 Å². The summed E-state index contributed by atoms with van der Waals surface area (Å²) >= 11 is 6.29. The summed E-state index contributed by atoms with van der Waals surface area (Å²) in [7, 11) is 1.61. The minimum absolute atomic E-state index is 0.177. The molecule has 1 fully saturated rings. The van der Waals surface area contributed by atoms with Crippen LogP contribution in [0.4, 0.5) is 0 Å². The Balaban J connectivity index is 1.61. The van der Waals surface area contributed by atoms with E-state index < -0.39 is 0 Å².